The summed E-state index contributed by atoms with van der Waals surface area (Å²) in [6, 6.07) is 19.3. The van der Waals surface area contributed by atoms with Gasteiger partial charge in [0.25, 0.3) is 0 Å². The summed E-state index contributed by atoms with van der Waals surface area (Å²) in [4.78, 5) is 0. The molecule has 0 bridgehead atoms. The Bertz CT molecular complexity index is 518. The van der Waals surface area contributed by atoms with Crippen LogP contribution in [0.15, 0.2) is 54.6 Å². The zero-order valence-electron chi connectivity index (χ0n) is 9.45. The van der Waals surface area contributed by atoms with Crippen molar-refractivity contribution in [1.82, 2.24) is 0 Å². The molecule has 0 amide bonds. The summed E-state index contributed by atoms with van der Waals surface area (Å²) < 4.78 is 9.58. The summed E-state index contributed by atoms with van der Waals surface area (Å²) in [5.74, 6) is 0. The fourth-order valence-electron chi connectivity index (χ4n) is 1.22. The van der Waals surface area contributed by atoms with Gasteiger partial charge < -0.3 is 0 Å². The first-order valence-electron chi connectivity index (χ1n) is 5.24. The van der Waals surface area contributed by atoms with Gasteiger partial charge in [-0.3, -0.25) is 0 Å². The molecule has 0 N–H and O–H groups in total. The van der Waals surface area contributed by atoms with E-state index >= 15 is 0 Å². The van der Waals surface area contributed by atoms with Crippen molar-refractivity contribution in [3.63, 3.8) is 0 Å². The molecule has 0 radical (unpaired) electrons. The summed E-state index contributed by atoms with van der Waals surface area (Å²) >= 11 is -0.230. The number of halogens is 2. The van der Waals surface area contributed by atoms with Gasteiger partial charge in [0.2, 0.25) is 15.0 Å². The number of hydrogen-bond donors (Lipinski definition) is 0. The summed E-state index contributed by atoms with van der Waals surface area (Å²) in [6.45, 7) is 2.12. The molecular weight excluding hydrogens is 434 g/mol. The number of hydrogen-bond acceptors (Lipinski definition) is 0. The van der Waals surface area contributed by atoms with Gasteiger partial charge in [-0.15, -0.1) is 0 Å². The zero-order chi connectivity index (χ0) is 11.9. The fraction of sp³-hybridized carbons (Fsp3) is 0.0667. The molecule has 2 aromatic rings. The van der Waals surface area contributed by atoms with Crippen molar-refractivity contribution in [2.24, 2.45) is 0 Å². The lowest BCUT2D eigenvalue weighted by atomic mass is 10.2. The van der Waals surface area contributed by atoms with Gasteiger partial charge in [-0.25, -0.2) is 0 Å². The molecule has 0 saturated carbocycles. The van der Waals surface area contributed by atoms with Crippen LogP contribution < -0.4 is 42.4 Å². The Hall–Kier alpha value is -0.540. The smallest absolute Gasteiger partial charge is 0.0619 e. The molecule has 0 heterocycles. The van der Waals surface area contributed by atoms with E-state index in [0.717, 1.165) is 0 Å². The van der Waals surface area contributed by atoms with Crippen molar-refractivity contribution in [3.8, 4) is 7.85 Å². The van der Waals surface area contributed by atoms with Gasteiger partial charge in [0.1, 0.15) is 0 Å². The van der Waals surface area contributed by atoms with Crippen molar-refractivity contribution >= 4 is 0 Å². The molecular formula is C15H12I2+2. The maximum Gasteiger partial charge on any atom is 0.424 e. The Morgan fingerprint density at radius 1 is 0.706 bits per heavy atom. The van der Waals surface area contributed by atoms with Crippen molar-refractivity contribution < 1.29 is 42.4 Å². The summed E-state index contributed by atoms with van der Waals surface area (Å²) in [5.41, 5.74) is 1.32. The quantitative estimate of drug-likeness (QED) is 0.344. The molecule has 0 aliphatic rings. The predicted molar refractivity (Wildman–Crippen MR) is 62.8 cm³/mol. The minimum absolute atomic E-state index is 0.112. The normalized spacial score (nSPS) is 9.47. The van der Waals surface area contributed by atoms with Crippen LogP contribution in [0.1, 0.15) is 5.56 Å². The van der Waals surface area contributed by atoms with E-state index in [0.29, 0.717) is 0 Å². The molecule has 0 aliphatic heterocycles. The fourth-order valence-corrected chi connectivity index (χ4v) is 4.91. The Labute approximate surface area is 123 Å². The largest absolute Gasteiger partial charge is 0.424 e. The molecule has 0 saturated heterocycles. The average Bonchev–Trinajstić information content (AvgIpc) is 2.38. The highest BCUT2D eigenvalue weighted by molar-refractivity contribution is 5.11. The zero-order valence-corrected chi connectivity index (χ0v) is 13.8. The van der Waals surface area contributed by atoms with Crippen LogP contribution in [0.3, 0.4) is 0 Å². The third-order valence-corrected chi connectivity index (χ3v) is 6.89. The van der Waals surface area contributed by atoms with Crippen molar-refractivity contribution in [2.75, 3.05) is 0 Å². The van der Waals surface area contributed by atoms with Crippen LogP contribution in [0, 0.1) is 21.9 Å². The van der Waals surface area contributed by atoms with Crippen LogP contribution in [0.2, 0.25) is 0 Å². The van der Waals surface area contributed by atoms with E-state index in [4.69, 9.17) is 0 Å². The van der Waals surface area contributed by atoms with Gasteiger partial charge >= 0.3 is 42.4 Å². The van der Waals surface area contributed by atoms with Crippen molar-refractivity contribution in [3.05, 3.63) is 67.3 Å². The van der Waals surface area contributed by atoms with Crippen LogP contribution in [-0.2, 0) is 0 Å². The Kier molecular flexibility index (Phi) is 5.33. The maximum atomic E-state index is 3.38. The lowest BCUT2D eigenvalue weighted by Gasteiger charge is -1.84. The van der Waals surface area contributed by atoms with Gasteiger partial charge in [-0.05, 0) is 31.2 Å². The van der Waals surface area contributed by atoms with Gasteiger partial charge in [0.15, 0.2) is 0 Å². The number of benzene rings is 2. The third kappa shape index (κ3) is 4.68. The second-order valence-electron chi connectivity index (χ2n) is 3.47. The molecule has 0 spiro atoms. The molecule has 0 nitrogen and oxygen atoms in total. The van der Waals surface area contributed by atoms with Gasteiger partial charge in [0, 0.05) is 0 Å². The third-order valence-electron chi connectivity index (χ3n) is 2.09. The molecule has 84 valence electrons. The van der Waals surface area contributed by atoms with Gasteiger partial charge in [0.05, 0.1) is 0 Å². The molecule has 2 rings (SSSR count). The van der Waals surface area contributed by atoms with E-state index in [2.05, 4.69) is 69.4 Å². The van der Waals surface area contributed by atoms with Crippen molar-refractivity contribution in [1.29, 1.82) is 0 Å². The molecule has 0 atom stereocenters. The molecule has 0 aromatic heterocycles. The van der Waals surface area contributed by atoms with E-state index in [1.54, 1.807) is 0 Å². The van der Waals surface area contributed by atoms with Crippen LogP contribution in [0.4, 0.5) is 0 Å². The monoisotopic (exact) mass is 446 g/mol. The van der Waals surface area contributed by atoms with Crippen molar-refractivity contribution in [2.45, 2.75) is 6.92 Å². The molecule has 0 unspecified atom stereocenters. The summed E-state index contributed by atoms with van der Waals surface area (Å²) in [7, 11) is 0. The molecule has 0 fully saturated rings. The van der Waals surface area contributed by atoms with Gasteiger partial charge in [-0.2, -0.15) is 0 Å². The maximum absolute atomic E-state index is 3.38. The lowest BCUT2D eigenvalue weighted by Crippen LogP contribution is -3.63. The minimum Gasteiger partial charge on any atom is -0.0619 e. The van der Waals surface area contributed by atoms with Gasteiger partial charge in [-0.1, -0.05) is 35.9 Å². The lowest BCUT2D eigenvalue weighted by molar-refractivity contribution is -0.561. The second kappa shape index (κ2) is 7.02. The first kappa shape index (κ1) is 12.9. The summed E-state index contributed by atoms with van der Waals surface area (Å²) in [5, 5.41) is 0. The highest BCUT2D eigenvalue weighted by Gasteiger charge is 2.12. The van der Waals surface area contributed by atoms with Crippen LogP contribution >= 0.6 is 0 Å². The predicted octanol–water partition coefficient (Wildman–Crippen LogP) is -2.87. The average molecular weight is 446 g/mol. The Morgan fingerprint density at radius 3 is 1.82 bits per heavy atom. The topological polar surface area (TPSA) is 0 Å². The molecule has 2 aromatic carbocycles. The van der Waals surface area contributed by atoms with E-state index in [1.165, 1.54) is 12.7 Å². The first-order chi connectivity index (χ1) is 8.34. The van der Waals surface area contributed by atoms with Crippen LogP contribution in [0.25, 0.3) is 0 Å². The number of rotatable bonds is 2. The standard InChI is InChI=1S/C15H12I2/c1-13-7-9-15(10-8-13)17-12-11-16-14-5-3-2-4-6-14/h2-10H,1H3/q+2. The van der Waals surface area contributed by atoms with E-state index < -0.39 is 0 Å². The van der Waals surface area contributed by atoms with E-state index in [1.807, 2.05) is 0 Å². The van der Waals surface area contributed by atoms with Crippen LogP contribution in [-0.4, -0.2) is 0 Å². The second-order valence-corrected chi connectivity index (χ2v) is 8.12. The highest BCUT2D eigenvalue weighted by atomic mass is 127. The molecule has 2 heteroatoms. The Morgan fingerprint density at radius 2 is 1.24 bits per heavy atom. The first-order valence-corrected chi connectivity index (χ1v) is 9.55. The molecule has 17 heavy (non-hydrogen) atoms. The molecule has 0 aliphatic carbocycles. The van der Waals surface area contributed by atoms with E-state index in [9.17, 15) is 0 Å². The Balaban J connectivity index is 1.89. The summed E-state index contributed by atoms with van der Waals surface area (Å²) in [6.07, 6.45) is 0. The van der Waals surface area contributed by atoms with Crippen LogP contribution in [0.5, 0.6) is 0 Å². The SMILES string of the molecule is Cc1ccc([I+]C#C[I+]c2ccccc2)cc1. The van der Waals surface area contributed by atoms with E-state index in [-0.39, 0.29) is 42.4 Å². The number of aryl methyl sites for hydroxylation is 1. The minimum atomic E-state index is -0.118. The highest BCUT2D eigenvalue weighted by Crippen LogP contribution is 1.92.